The first kappa shape index (κ1) is 11.2. The quantitative estimate of drug-likeness (QED) is 0.507. The molecule has 2 amide bonds. The van der Waals surface area contributed by atoms with Crippen molar-refractivity contribution in [3.05, 3.63) is 12.7 Å². The second-order valence-electron chi connectivity index (χ2n) is 2.92. The van der Waals surface area contributed by atoms with E-state index in [4.69, 9.17) is 0 Å². The van der Waals surface area contributed by atoms with Crippen molar-refractivity contribution < 1.29 is 9.59 Å². The number of aromatic nitrogens is 3. The lowest BCUT2D eigenvalue weighted by Crippen LogP contribution is -2.38. The molecule has 1 heterocycles. The largest absolute Gasteiger partial charge is 0.348 e. The molecule has 7 heteroatoms. The summed E-state index contributed by atoms with van der Waals surface area (Å²) in [5.41, 5.74) is 2.29. The van der Waals surface area contributed by atoms with Crippen molar-refractivity contribution in [2.75, 3.05) is 12.0 Å². The summed E-state index contributed by atoms with van der Waals surface area (Å²) in [5.74, 6) is -1.39. The van der Waals surface area contributed by atoms with Crippen molar-refractivity contribution in [3.8, 4) is 0 Å². The molecule has 1 rings (SSSR count). The summed E-state index contributed by atoms with van der Waals surface area (Å²) in [5, 5.41) is 9.44. The fraction of sp³-hybridized carbons (Fsp3) is 0.500. The zero-order valence-corrected chi connectivity index (χ0v) is 8.43. The summed E-state index contributed by atoms with van der Waals surface area (Å²) >= 11 is 0. The first-order chi connectivity index (χ1) is 7.24. The fourth-order valence-electron chi connectivity index (χ4n) is 0.885. The van der Waals surface area contributed by atoms with Gasteiger partial charge in [0.15, 0.2) is 0 Å². The van der Waals surface area contributed by atoms with Crippen LogP contribution in [0.5, 0.6) is 0 Å². The average molecular weight is 211 g/mol. The summed E-state index contributed by atoms with van der Waals surface area (Å²) in [6.45, 7) is 2.51. The van der Waals surface area contributed by atoms with Crippen LogP contribution >= 0.6 is 0 Å². The monoisotopic (exact) mass is 211 g/mol. The van der Waals surface area contributed by atoms with Crippen LogP contribution in [0.4, 0.5) is 0 Å². The minimum atomic E-state index is -0.731. The van der Waals surface area contributed by atoms with Crippen molar-refractivity contribution in [1.29, 1.82) is 0 Å². The molecule has 0 radical (unpaired) electrons. The second kappa shape index (κ2) is 5.74. The number of amides is 2. The zero-order valence-electron chi connectivity index (χ0n) is 8.43. The van der Waals surface area contributed by atoms with Crippen molar-refractivity contribution >= 4 is 11.8 Å². The Hall–Kier alpha value is -1.92. The smallest absolute Gasteiger partial charge is 0.328 e. The Morgan fingerprint density at radius 3 is 2.53 bits per heavy atom. The highest BCUT2D eigenvalue weighted by molar-refractivity contribution is 6.38. The Bertz CT molecular complexity index is 322. The number of hydrogen-bond donors (Lipinski definition) is 2. The van der Waals surface area contributed by atoms with Crippen LogP contribution in [0.1, 0.15) is 19.8 Å². The van der Waals surface area contributed by atoms with Crippen LogP contribution in [0.15, 0.2) is 12.7 Å². The summed E-state index contributed by atoms with van der Waals surface area (Å²) in [4.78, 5) is 22.4. The minimum Gasteiger partial charge on any atom is -0.348 e. The third kappa shape index (κ3) is 3.75. The van der Waals surface area contributed by atoms with E-state index in [1.807, 2.05) is 6.92 Å². The lowest BCUT2D eigenvalue weighted by molar-refractivity contribution is -0.136. The van der Waals surface area contributed by atoms with E-state index in [0.29, 0.717) is 6.54 Å². The van der Waals surface area contributed by atoms with Crippen molar-refractivity contribution in [3.63, 3.8) is 0 Å². The number of hydrogen-bond acceptors (Lipinski definition) is 4. The standard InChI is InChI=1S/C8H13N5O2/c1-2-3-4-9-7(14)8(15)12-13-5-10-11-6-13/h5-6H,2-4H2,1H3,(H,9,14)(H,12,15). The molecule has 0 saturated heterocycles. The SMILES string of the molecule is CCCCNC(=O)C(=O)Nn1cnnc1. The van der Waals surface area contributed by atoms with Gasteiger partial charge in [0.25, 0.3) is 0 Å². The average Bonchev–Trinajstić information content (AvgIpc) is 2.70. The van der Waals surface area contributed by atoms with Crippen LogP contribution < -0.4 is 10.7 Å². The fourth-order valence-corrected chi connectivity index (χ4v) is 0.885. The summed E-state index contributed by atoms with van der Waals surface area (Å²) < 4.78 is 1.21. The Labute approximate surface area is 86.8 Å². The highest BCUT2D eigenvalue weighted by Gasteiger charge is 2.12. The lowest BCUT2D eigenvalue weighted by atomic mass is 10.3. The molecule has 0 aliphatic heterocycles. The van der Waals surface area contributed by atoms with Gasteiger partial charge in [-0.05, 0) is 6.42 Å². The van der Waals surface area contributed by atoms with E-state index in [1.54, 1.807) is 0 Å². The molecule has 1 aromatic heterocycles. The van der Waals surface area contributed by atoms with E-state index in [2.05, 4.69) is 20.9 Å². The van der Waals surface area contributed by atoms with Gasteiger partial charge in [-0.2, -0.15) is 0 Å². The van der Waals surface area contributed by atoms with E-state index in [9.17, 15) is 9.59 Å². The van der Waals surface area contributed by atoms with Crippen molar-refractivity contribution in [2.24, 2.45) is 0 Å². The van der Waals surface area contributed by atoms with E-state index in [0.717, 1.165) is 12.8 Å². The van der Waals surface area contributed by atoms with Gasteiger partial charge in [0.1, 0.15) is 12.7 Å². The van der Waals surface area contributed by atoms with E-state index < -0.39 is 11.8 Å². The molecule has 0 bridgehead atoms. The van der Waals surface area contributed by atoms with E-state index >= 15 is 0 Å². The van der Waals surface area contributed by atoms with Crippen molar-refractivity contribution in [1.82, 2.24) is 20.2 Å². The minimum absolute atomic E-state index is 0.505. The molecule has 0 spiro atoms. The predicted octanol–water partition coefficient (Wildman–Crippen LogP) is -0.735. The van der Waals surface area contributed by atoms with Gasteiger partial charge in [-0.25, -0.2) is 4.68 Å². The van der Waals surface area contributed by atoms with Crippen molar-refractivity contribution in [2.45, 2.75) is 19.8 Å². The Kier molecular flexibility index (Phi) is 4.27. The number of carbonyl (C=O) groups is 2. The van der Waals surface area contributed by atoms with Crippen LogP contribution in [-0.2, 0) is 9.59 Å². The van der Waals surface area contributed by atoms with Gasteiger partial charge in [0, 0.05) is 6.54 Å². The third-order valence-corrected chi connectivity index (χ3v) is 1.67. The molecular formula is C8H13N5O2. The molecule has 82 valence electrons. The maximum atomic E-state index is 11.2. The van der Waals surface area contributed by atoms with Gasteiger partial charge in [-0.1, -0.05) is 13.3 Å². The molecule has 7 nitrogen and oxygen atoms in total. The van der Waals surface area contributed by atoms with Gasteiger partial charge in [0.2, 0.25) is 0 Å². The molecule has 0 aliphatic rings. The number of nitrogens with one attached hydrogen (secondary N) is 2. The van der Waals surface area contributed by atoms with Gasteiger partial charge >= 0.3 is 11.8 Å². The Morgan fingerprint density at radius 1 is 1.27 bits per heavy atom. The number of rotatable bonds is 4. The molecule has 2 N–H and O–H groups in total. The molecule has 0 aromatic carbocycles. The normalized spacial score (nSPS) is 9.67. The van der Waals surface area contributed by atoms with Crippen LogP contribution in [0, 0.1) is 0 Å². The molecule has 0 saturated carbocycles. The highest BCUT2D eigenvalue weighted by atomic mass is 16.2. The molecule has 0 aliphatic carbocycles. The van der Waals surface area contributed by atoms with E-state index in [-0.39, 0.29) is 0 Å². The van der Waals surface area contributed by atoms with Crippen LogP contribution in [0.3, 0.4) is 0 Å². The van der Waals surface area contributed by atoms with Crippen LogP contribution in [0.2, 0.25) is 0 Å². The topological polar surface area (TPSA) is 88.9 Å². The Balaban J connectivity index is 2.30. The molecule has 0 unspecified atom stereocenters. The number of nitrogens with zero attached hydrogens (tertiary/aromatic N) is 3. The third-order valence-electron chi connectivity index (χ3n) is 1.67. The van der Waals surface area contributed by atoms with Crippen LogP contribution in [-0.4, -0.2) is 33.2 Å². The molecule has 15 heavy (non-hydrogen) atoms. The maximum absolute atomic E-state index is 11.2. The van der Waals surface area contributed by atoms with Gasteiger partial charge < -0.3 is 5.32 Å². The highest BCUT2D eigenvalue weighted by Crippen LogP contribution is 1.83. The van der Waals surface area contributed by atoms with E-state index in [1.165, 1.54) is 17.3 Å². The lowest BCUT2D eigenvalue weighted by Gasteiger charge is -2.04. The second-order valence-corrected chi connectivity index (χ2v) is 2.92. The summed E-state index contributed by atoms with van der Waals surface area (Å²) in [7, 11) is 0. The van der Waals surface area contributed by atoms with Crippen LogP contribution in [0.25, 0.3) is 0 Å². The first-order valence-electron chi connectivity index (χ1n) is 4.68. The van der Waals surface area contributed by atoms with Gasteiger partial charge in [0.05, 0.1) is 0 Å². The number of carbonyl (C=O) groups excluding carboxylic acids is 2. The zero-order chi connectivity index (χ0) is 11.1. The predicted molar refractivity (Wildman–Crippen MR) is 52.3 cm³/mol. The maximum Gasteiger partial charge on any atom is 0.328 e. The number of unbranched alkanes of at least 4 members (excludes halogenated alkanes) is 1. The summed E-state index contributed by atoms with van der Waals surface area (Å²) in [6.07, 6.45) is 4.40. The molecular weight excluding hydrogens is 198 g/mol. The van der Waals surface area contributed by atoms with Gasteiger partial charge in [-0.15, -0.1) is 10.2 Å². The molecule has 1 aromatic rings. The summed E-state index contributed by atoms with van der Waals surface area (Å²) in [6, 6.07) is 0. The Morgan fingerprint density at radius 2 is 1.93 bits per heavy atom. The first-order valence-corrected chi connectivity index (χ1v) is 4.68. The van der Waals surface area contributed by atoms with Gasteiger partial charge in [-0.3, -0.25) is 15.0 Å². The molecule has 0 fully saturated rings. The molecule has 0 atom stereocenters.